The van der Waals surface area contributed by atoms with Crippen molar-refractivity contribution in [3.05, 3.63) is 45.3 Å². The predicted octanol–water partition coefficient (Wildman–Crippen LogP) is 0.904. The Hall–Kier alpha value is -3.43. The molecule has 0 saturated heterocycles. The van der Waals surface area contributed by atoms with Gasteiger partial charge in [-0.05, 0) is 6.07 Å². The van der Waals surface area contributed by atoms with Crippen LogP contribution in [0, 0.1) is 16.0 Å². The van der Waals surface area contributed by atoms with Gasteiger partial charge in [0, 0.05) is 36.9 Å². The minimum atomic E-state index is -1.07. The molecule has 1 aliphatic heterocycles. The molecule has 1 aromatic carbocycles. The zero-order valence-electron chi connectivity index (χ0n) is 14.3. The van der Waals surface area contributed by atoms with Gasteiger partial charge in [-0.25, -0.2) is 4.79 Å². The van der Waals surface area contributed by atoms with Gasteiger partial charge in [-0.2, -0.15) is 0 Å². The maximum absolute atomic E-state index is 12.3. The van der Waals surface area contributed by atoms with Crippen molar-refractivity contribution in [2.75, 3.05) is 21.3 Å². The first kappa shape index (κ1) is 18.9. The highest BCUT2D eigenvalue weighted by Crippen LogP contribution is 2.44. The molecule has 1 aromatic rings. The number of methoxy groups -OCH3 is 2. The minimum Gasteiger partial charge on any atom is -0.468 e. The summed E-state index contributed by atoms with van der Waals surface area (Å²) in [7, 11) is 3.76. The molecule has 10 nitrogen and oxygen atoms in total. The first-order valence-electron chi connectivity index (χ1n) is 7.39. The fourth-order valence-electron chi connectivity index (χ4n) is 2.76. The summed E-state index contributed by atoms with van der Waals surface area (Å²) in [6.45, 7) is 0. The van der Waals surface area contributed by atoms with E-state index in [0.717, 1.165) is 7.11 Å². The summed E-state index contributed by atoms with van der Waals surface area (Å²) in [6.07, 6.45) is 1.28. The third-order valence-electron chi connectivity index (χ3n) is 3.88. The maximum atomic E-state index is 12.3. The van der Waals surface area contributed by atoms with Gasteiger partial charge in [-0.15, -0.1) is 0 Å². The van der Waals surface area contributed by atoms with Gasteiger partial charge in [0.25, 0.3) is 5.69 Å². The summed E-state index contributed by atoms with van der Waals surface area (Å²) < 4.78 is 14.9. The molecule has 1 heterocycles. The van der Waals surface area contributed by atoms with E-state index >= 15 is 0 Å². The van der Waals surface area contributed by atoms with E-state index in [0.29, 0.717) is 0 Å². The molecule has 0 aliphatic carbocycles. The Morgan fingerprint density at radius 2 is 2.08 bits per heavy atom. The number of ether oxygens (including phenoxy) is 3. The van der Waals surface area contributed by atoms with Gasteiger partial charge < -0.3 is 19.9 Å². The number of nitrogens with zero attached hydrogens (tertiary/aromatic N) is 2. The Morgan fingerprint density at radius 1 is 1.38 bits per heavy atom. The lowest BCUT2D eigenvalue weighted by atomic mass is 9.79. The van der Waals surface area contributed by atoms with Crippen LogP contribution in [0.2, 0.25) is 0 Å². The van der Waals surface area contributed by atoms with Gasteiger partial charge in [0.1, 0.15) is 17.2 Å². The lowest BCUT2D eigenvalue weighted by Crippen LogP contribution is -2.34. The smallest absolute Gasteiger partial charge is 0.339 e. The molecule has 2 rings (SSSR count). The first-order chi connectivity index (χ1) is 12.3. The number of benzene rings is 1. The number of hydrogen-bond donors (Lipinski definition) is 1. The van der Waals surface area contributed by atoms with E-state index in [1.165, 1.54) is 38.6 Å². The molecule has 0 saturated carbocycles. The van der Waals surface area contributed by atoms with Crippen molar-refractivity contribution in [2.24, 2.45) is 16.6 Å². The molecule has 1 aliphatic rings. The Balaban J connectivity index is 2.75. The van der Waals surface area contributed by atoms with Crippen LogP contribution < -0.4 is 10.5 Å². The molecule has 0 spiro atoms. The number of fused-ring (bicyclic) bond motifs is 1. The average molecular weight is 363 g/mol. The summed E-state index contributed by atoms with van der Waals surface area (Å²) in [5, 5.41) is 11.1. The predicted molar refractivity (Wildman–Crippen MR) is 89.6 cm³/mol. The van der Waals surface area contributed by atoms with Crippen LogP contribution in [0.3, 0.4) is 0 Å². The average Bonchev–Trinajstić information content (AvgIpc) is 2.63. The summed E-state index contributed by atoms with van der Waals surface area (Å²) in [6, 6.07) is 3.79. The third-order valence-corrected chi connectivity index (χ3v) is 3.88. The van der Waals surface area contributed by atoms with Crippen LogP contribution in [0.4, 0.5) is 5.69 Å². The summed E-state index contributed by atoms with van der Waals surface area (Å²) >= 11 is 0. The number of nitrogens with two attached hydrogens (primary N) is 1. The van der Waals surface area contributed by atoms with E-state index in [2.05, 4.69) is 4.99 Å². The molecule has 2 N–H and O–H groups in total. The van der Waals surface area contributed by atoms with Crippen molar-refractivity contribution >= 4 is 23.8 Å². The summed E-state index contributed by atoms with van der Waals surface area (Å²) in [5.74, 6) is -3.70. The van der Waals surface area contributed by atoms with Crippen LogP contribution in [0.25, 0.3) is 0 Å². The zero-order valence-corrected chi connectivity index (χ0v) is 14.3. The maximum Gasteiger partial charge on any atom is 0.339 e. The molecule has 0 radical (unpaired) electrons. The molecule has 2 unspecified atom stereocenters. The molecule has 10 heteroatoms. The third kappa shape index (κ3) is 3.34. The van der Waals surface area contributed by atoms with Crippen molar-refractivity contribution in [2.45, 2.75) is 5.92 Å². The van der Waals surface area contributed by atoms with Gasteiger partial charge in [-0.1, -0.05) is 0 Å². The second-order valence-corrected chi connectivity index (χ2v) is 5.28. The monoisotopic (exact) mass is 363 g/mol. The number of non-ortho nitro benzene ring substituents is 1. The van der Waals surface area contributed by atoms with Crippen LogP contribution in [-0.4, -0.2) is 44.3 Å². The van der Waals surface area contributed by atoms with Crippen molar-refractivity contribution in [1.29, 1.82) is 0 Å². The van der Waals surface area contributed by atoms with E-state index in [4.69, 9.17) is 19.9 Å². The Labute approximate surface area is 148 Å². The van der Waals surface area contributed by atoms with Crippen LogP contribution in [0.5, 0.6) is 5.75 Å². The van der Waals surface area contributed by atoms with Gasteiger partial charge in [0.15, 0.2) is 0 Å². The SMILES string of the molecule is CN=CC(C(=O)OC)C1C(C(=O)OC)=C(N)Oc2ccc([N+](=O)[O-])cc21. The van der Waals surface area contributed by atoms with E-state index in [-0.39, 0.29) is 28.5 Å². The van der Waals surface area contributed by atoms with Crippen LogP contribution >= 0.6 is 0 Å². The normalized spacial score (nSPS) is 17.3. The number of hydrogen-bond acceptors (Lipinski definition) is 9. The van der Waals surface area contributed by atoms with E-state index in [9.17, 15) is 19.7 Å². The number of esters is 2. The van der Waals surface area contributed by atoms with Crippen molar-refractivity contribution in [3.63, 3.8) is 0 Å². The molecule has 0 aromatic heterocycles. The summed E-state index contributed by atoms with van der Waals surface area (Å²) in [5.41, 5.74) is 5.71. The van der Waals surface area contributed by atoms with Gasteiger partial charge in [-0.3, -0.25) is 19.9 Å². The lowest BCUT2D eigenvalue weighted by molar-refractivity contribution is -0.385. The van der Waals surface area contributed by atoms with Crippen molar-refractivity contribution in [3.8, 4) is 5.75 Å². The number of nitro groups is 1. The fourth-order valence-corrected chi connectivity index (χ4v) is 2.76. The lowest BCUT2D eigenvalue weighted by Gasteiger charge is -2.30. The van der Waals surface area contributed by atoms with Crippen molar-refractivity contribution in [1.82, 2.24) is 0 Å². The Kier molecular flexibility index (Phi) is 5.55. The second-order valence-electron chi connectivity index (χ2n) is 5.28. The highest BCUT2D eigenvalue weighted by Gasteiger charge is 2.42. The molecule has 26 heavy (non-hydrogen) atoms. The largest absolute Gasteiger partial charge is 0.468 e. The van der Waals surface area contributed by atoms with Gasteiger partial charge >= 0.3 is 11.9 Å². The quantitative estimate of drug-likeness (QED) is 0.352. The molecule has 2 atom stereocenters. The fraction of sp³-hybridized carbons (Fsp3) is 0.312. The van der Waals surface area contributed by atoms with Gasteiger partial charge in [0.05, 0.1) is 19.1 Å². The number of aliphatic imine (C=N–C) groups is 1. The van der Waals surface area contributed by atoms with E-state index in [1.807, 2.05) is 0 Å². The molecular formula is C16H17N3O7. The van der Waals surface area contributed by atoms with Crippen LogP contribution in [0.15, 0.2) is 34.6 Å². The molecular weight excluding hydrogens is 346 g/mol. The van der Waals surface area contributed by atoms with Crippen molar-refractivity contribution < 1.29 is 28.7 Å². The second kappa shape index (κ2) is 7.64. The summed E-state index contributed by atoms with van der Waals surface area (Å²) in [4.78, 5) is 38.9. The molecule has 0 fully saturated rings. The number of carbonyl (C=O) groups is 2. The number of rotatable bonds is 5. The topological polar surface area (TPSA) is 143 Å². The highest BCUT2D eigenvalue weighted by molar-refractivity contribution is 5.98. The molecule has 138 valence electrons. The number of carbonyl (C=O) groups excluding carboxylic acids is 2. The molecule has 0 bridgehead atoms. The standard InChI is InChI=1S/C16H17N3O7/c1-18-7-10(15(20)24-2)12-9-6-8(19(22)23)4-5-11(9)26-14(17)13(12)16(21)25-3/h4-7,10,12H,17H2,1-3H3. The minimum absolute atomic E-state index is 0.143. The molecule has 0 amide bonds. The van der Waals surface area contributed by atoms with Gasteiger partial charge in [0.2, 0.25) is 5.88 Å². The highest BCUT2D eigenvalue weighted by atomic mass is 16.6. The Morgan fingerprint density at radius 3 is 2.62 bits per heavy atom. The van der Waals surface area contributed by atoms with E-state index < -0.39 is 28.7 Å². The number of nitro benzene ring substituents is 1. The van der Waals surface area contributed by atoms with E-state index in [1.54, 1.807) is 0 Å². The zero-order chi connectivity index (χ0) is 19.4. The Bertz CT molecular complexity index is 816. The van der Waals surface area contributed by atoms with Crippen LogP contribution in [-0.2, 0) is 19.1 Å². The first-order valence-corrected chi connectivity index (χ1v) is 7.39. The van der Waals surface area contributed by atoms with Crippen LogP contribution in [0.1, 0.15) is 11.5 Å².